The molecular formula is C18H14BrN5O5S. The maximum atomic E-state index is 12.4. The van der Waals surface area contributed by atoms with Gasteiger partial charge >= 0.3 is 5.69 Å². The number of aromatic nitrogens is 2. The highest BCUT2D eigenvalue weighted by Crippen LogP contribution is 2.15. The van der Waals surface area contributed by atoms with Gasteiger partial charge in [-0.1, -0.05) is 34.1 Å². The lowest BCUT2D eigenvalue weighted by Crippen LogP contribution is -2.29. The molecule has 0 unspecified atom stereocenters. The van der Waals surface area contributed by atoms with Gasteiger partial charge in [0.25, 0.3) is 21.5 Å². The van der Waals surface area contributed by atoms with Crippen molar-refractivity contribution in [1.29, 1.82) is 0 Å². The van der Waals surface area contributed by atoms with Crippen LogP contribution in [0.15, 0.2) is 78.8 Å². The van der Waals surface area contributed by atoms with Crippen LogP contribution in [0.2, 0.25) is 0 Å². The number of anilines is 1. The molecule has 0 radical (unpaired) electrons. The van der Waals surface area contributed by atoms with E-state index in [0.717, 1.165) is 16.2 Å². The lowest BCUT2D eigenvalue weighted by atomic mass is 10.2. The van der Waals surface area contributed by atoms with Crippen molar-refractivity contribution in [2.24, 2.45) is 5.10 Å². The van der Waals surface area contributed by atoms with Crippen molar-refractivity contribution in [1.82, 2.24) is 15.4 Å². The second-order valence-electron chi connectivity index (χ2n) is 5.88. The lowest BCUT2D eigenvalue weighted by molar-refractivity contribution is 0.0955. The topological polar surface area (TPSA) is 153 Å². The number of sulfonamides is 1. The van der Waals surface area contributed by atoms with Crippen LogP contribution in [-0.4, -0.2) is 30.5 Å². The maximum Gasteiger partial charge on any atom is 0.325 e. The summed E-state index contributed by atoms with van der Waals surface area (Å²) in [5.74, 6) is -0.566. The van der Waals surface area contributed by atoms with Crippen LogP contribution >= 0.6 is 15.9 Å². The minimum absolute atomic E-state index is 0.0456. The van der Waals surface area contributed by atoms with E-state index in [1.54, 1.807) is 6.07 Å². The van der Waals surface area contributed by atoms with Crippen molar-refractivity contribution in [3.05, 3.63) is 91.2 Å². The summed E-state index contributed by atoms with van der Waals surface area (Å²) in [7, 11) is -4.29. The SMILES string of the molecule is O=C(N/N=C/c1cccc(Br)c1)c1cccc(NS(=O)(=O)c2c[nH]c(=O)[nH]c2=O)c1. The number of nitrogens with one attached hydrogen (secondary N) is 4. The van der Waals surface area contributed by atoms with Gasteiger partial charge in [-0.3, -0.25) is 19.3 Å². The Bertz CT molecular complexity index is 1350. The smallest absolute Gasteiger partial charge is 0.313 e. The van der Waals surface area contributed by atoms with Gasteiger partial charge in [0.05, 0.1) is 6.21 Å². The van der Waals surface area contributed by atoms with Gasteiger partial charge in [0.2, 0.25) is 0 Å². The molecule has 0 saturated carbocycles. The van der Waals surface area contributed by atoms with Crippen molar-refractivity contribution in [3.63, 3.8) is 0 Å². The maximum absolute atomic E-state index is 12.4. The van der Waals surface area contributed by atoms with E-state index in [-0.39, 0.29) is 11.3 Å². The van der Waals surface area contributed by atoms with E-state index in [4.69, 9.17) is 0 Å². The van der Waals surface area contributed by atoms with E-state index in [1.165, 1.54) is 30.5 Å². The first kappa shape index (κ1) is 21.2. The van der Waals surface area contributed by atoms with Crippen LogP contribution in [0.4, 0.5) is 5.69 Å². The molecule has 2 aromatic carbocycles. The first-order valence-corrected chi connectivity index (χ1v) is 10.6. The zero-order chi connectivity index (χ0) is 21.7. The van der Waals surface area contributed by atoms with Crippen LogP contribution in [-0.2, 0) is 10.0 Å². The molecule has 154 valence electrons. The molecule has 0 saturated heterocycles. The molecule has 12 heteroatoms. The third kappa shape index (κ3) is 5.30. The van der Waals surface area contributed by atoms with Crippen molar-refractivity contribution in [2.75, 3.05) is 4.72 Å². The fourth-order valence-electron chi connectivity index (χ4n) is 2.35. The number of hydrazone groups is 1. The van der Waals surface area contributed by atoms with Crippen LogP contribution in [0.5, 0.6) is 0 Å². The molecule has 0 fully saturated rings. The predicted molar refractivity (Wildman–Crippen MR) is 114 cm³/mol. The predicted octanol–water partition coefficient (Wildman–Crippen LogP) is 1.39. The highest BCUT2D eigenvalue weighted by molar-refractivity contribution is 9.10. The number of halogens is 1. The number of carbonyl (C=O) groups excluding carboxylic acids is 1. The van der Waals surface area contributed by atoms with Gasteiger partial charge in [0.15, 0.2) is 4.90 Å². The summed E-state index contributed by atoms with van der Waals surface area (Å²) >= 11 is 3.33. The van der Waals surface area contributed by atoms with Gasteiger partial charge in [0.1, 0.15) is 0 Å². The molecule has 3 rings (SSSR count). The molecule has 0 bridgehead atoms. The van der Waals surface area contributed by atoms with Crippen molar-refractivity contribution in [2.45, 2.75) is 4.90 Å². The Hall–Kier alpha value is -3.51. The summed E-state index contributed by atoms with van der Waals surface area (Å²) in [6.07, 6.45) is 2.24. The quantitative estimate of drug-likeness (QED) is 0.303. The Morgan fingerprint density at radius 3 is 2.60 bits per heavy atom. The normalized spacial score (nSPS) is 11.4. The molecule has 0 aliphatic rings. The van der Waals surface area contributed by atoms with Crippen molar-refractivity contribution in [3.8, 4) is 0 Å². The van der Waals surface area contributed by atoms with Crippen LogP contribution in [0.25, 0.3) is 0 Å². The third-order valence-corrected chi connectivity index (χ3v) is 5.56. The minimum Gasteiger partial charge on any atom is -0.313 e. The summed E-state index contributed by atoms with van der Waals surface area (Å²) in [6, 6.07) is 12.9. The summed E-state index contributed by atoms with van der Waals surface area (Å²) in [6.45, 7) is 0. The Balaban J connectivity index is 1.74. The van der Waals surface area contributed by atoms with Crippen molar-refractivity contribution < 1.29 is 13.2 Å². The molecule has 10 nitrogen and oxygen atoms in total. The zero-order valence-corrected chi connectivity index (χ0v) is 17.5. The van der Waals surface area contributed by atoms with Gasteiger partial charge in [-0.25, -0.2) is 18.6 Å². The third-order valence-electron chi connectivity index (χ3n) is 3.68. The molecule has 3 aromatic rings. The first-order chi connectivity index (χ1) is 14.2. The molecule has 30 heavy (non-hydrogen) atoms. The summed E-state index contributed by atoms with van der Waals surface area (Å²) < 4.78 is 27.8. The molecular weight excluding hydrogens is 478 g/mol. The van der Waals surface area contributed by atoms with Crippen LogP contribution in [0.3, 0.4) is 0 Å². The van der Waals surface area contributed by atoms with E-state index in [2.05, 4.69) is 36.2 Å². The highest BCUT2D eigenvalue weighted by Gasteiger charge is 2.19. The number of hydrogen-bond donors (Lipinski definition) is 4. The van der Waals surface area contributed by atoms with Crippen molar-refractivity contribution >= 4 is 43.8 Å². The summed E-state index contributed by atoms with van der Waals surface area (Å²) in [4.78, 5) is 38.3. The summed E-state index contributed by atoms with van der Waals surface area (Å²) in [5, 5.41) is 3.87. The Kier molecular flexibility index (Phi) is 6.28. The number of benzene rings is 2. The number of amides is 1. The Morgan fingerprint density at radius 2 is 1.87 bits per heavy atom. The second kappa shape index (κ2) is 8.88. The molecule has 0 atom stereocenters. The first-order valence-electron chi connectivity index (χ1n) is 8.28. The molecule has 0 aliphatic heterocycles. The lowest BCUT2D eigenvalue weighted by Gasteiger charge is -2.08. The molecule has 1 amide bonds. The number of rotatable bonds is 6. The molecule has 1 heterocycles. The van der Waals surface area contributed by atoms with Gasteiger partial charge in [-0.15, -0.1) is 0 Å². The van der Waals surface area contributed by atoms with Gasteiger partial charge in [-0.05, 0) is 35.9 Å². The fraction of sp³-hybridized carbons (Fsp3) is 0. The standard InChI is InChI=1S/C18H14BrN5O5S/c19-13-5-1-3-11(7-13)9-21-23-16(25)12-4-2-6-14(8-12)24-30(28,29)15-10-20-18(27)22-17(15)26/h1-10,24H,(H,23,25)(H2,20,22,26,27)/b21-9+. The number of carbonyl (C=O) groups is 1. The summed E-state index contributed by atoms with van der Waals surface area (Å²) in [5.41, 5.74) is 1.39. The van der Waals surface area contributed by atoms with Gasteiger partial charge < -0.3 is 4.98 Å². The van der Waals surface area contributed by atoms with E-state index >= 15 is 0 Å². The van der Waals surface area contributed by atoms with E-state index in [1.807, 2.05) is 23.2 Å². The molecule has 4 N–H and O–H groups in total. The van der Waals surface area contributed by atoms with E-state index < -0.39 is 32.1 Å². The second-order valence-corrected chi connectivity index (χ2v) is 8.44. The minimum atomic E-state index is -4.29. The van der Waals surface area contributed by atoms with Crippen LogP contribution < -0.4 is 21.4 Å². The Morgan fingerprint density at radius 1 is 1.10 bits per heavy atom. The fourth-order valence-corrected chi connectivity index (χ4v) is 3.82. The zero-order valence-electron chi connectivity index (χ0n) is 15.0. The average molecular weight is 492 g/mol. The van der Waals surface area contributed by atoms with Crippen LogP contribution in [0, 0.1) is 0 Å². The number of H-pyrrole nitrogens is 2. The van der Waals surface area contributed by atoms with Crippen LogP contribution in [0.1, 0.15) is 15.9 Å². The van der Waals surface area contributed by atoms with Gasteiger partial charge in [-0.2, -0.15) is 5.10 Å². The highest BCUT2D eigenvalue weighted by atomic mass is 79.9. The number of nitrogens with zero attached hydrogens (tertiary/aromatic N) is 1. The molecule has 0 aliphatic carbocycles. The molecule has 1 aromatic heterocycles. The molecule has 0 spiro atoms. The largest absolute Gasteiger partial charge is 0.325 e. The van der Waals surface area contributed by atoms with Gasteiger partial charge in [0, 0.05) is 21.9 Å². The van der Waals surface area contributed by atoms with E-state index in [0.29, 0.717) is 0 Å². The monoisotopic (exact) mass is 491 g/mol. The average Bonchev–Trinajstić information content (AvgIpc) is 2.67. The van der Waals surface area contributed by atoms with E-state index in [9.17, 15) is 22.8 Å². The Labute approximate surface area is 178 Å². The number of hydrogen-bond acceptors (Lipinski definition) is 6. The number of aromatic amines is 2.